The van der Waals surface area contributed by atoms with E-state index in [1.165, 1.54) is 0 Å². The molecule has 0 aliphatic carbocycles. The molecule has 0 aliphatic rings. The number of hydrogen-bond donors (Lipinski definition) is 1. The molecular weight excluding hydrogens is 279 g/mol. The fraction of sp³-hybridized carbons (Fsp3) is 0.375. The van der Waals surface area contributed by atoms with Crippen LogP contribution in [0.15, 0.2) is 36.4 Å². The summed E-state index contributed by atoms with van der Waals surface area (Å²) in [6.45, 7) is 2.37. The average molecular weight is 297 g/mol. The first-order valence-corrected chi connectivity index (χ1v) is 6.92. The van der Waals surface area contributed by atoms with Gasteiger partial charge in [-0.15, -0.1) is 0 Å². The van der Waals surface area contributed by atoms with Gasteiger partial charge in [0.15, 0.2) is 0 Å². The number of ether oxygens (including phenoxy) is 1. The van der Waals surface area contributed by atoms with Crippen molar-refractivity contribution in [1.82, 2.24) is 0 Å². The maximum absolute atomic E-state index is 13.1. The van der Waals surface area contributed by atoms with Crippen molar-refractivity contribution in [2.24, 2.45) is 5.73 Å². The molecule has 0 radical (unpaired) electrons. The van der Waals surface area contributed by atoms with Gasteiger partial charge >= 0.3 is 6.18 Å². The number of fused-ring (bicyclic) bond motifs is 1. The van der Waals surface area contributed by atoms with E-state index in [4.69, 9.17) is 10.5 Å². The Morgan fingerprint density at radius 2 is 1.86 bits per heavy atom. The Balaban J connectivity index is 2.52. The van der Waals surface area contributed by atoms with E-state index in [-0.39, 0.29) is 11.3 Å². The lowest BCUT2D eigenvalue weighted by Gasteiger charge is -2.21. The second kappa shape index (κ2) is 6.35. The van der Waals surface area contributed by atoms with Gasteiger partial charge in [0, 0.05) is 5.56 Å². The Morgan fingerprint density at radius 3 is 2.52 bits per heavy atom. The van der Waals surface area contributed by atoms with Gasteiger partial charge in [-0.05, 0) is 23.3 Å². The standard InChI is InChI=1S/C16H18F3NO/c1-2-3-10-21-13-9-8-11-6-4-5-7-12(11)14(13)15(20)16(17,18)19/h4-9,15H,2-3,10,20H2,1H3/t15-/m0/s1. The van der Waals surface area contributed by atoms with Gasteiger partial charge in [0.05, 0.1) is 6.61 Å². The second-order valence-electron chi connectivity index (χ2n) is 4.92. The first-order chi connectivity index (χ1) is 9.95. The van der Waals surface area contributed by atoms with Crippen LogP contribution in [0.3, 0.4) is 0 Å². The number of alkyl halides is 3. The third-order valence-corrected chi connectivity index (χ3v) is 3.35. The van der Waals surface area contributed by atoms with Gasteiger partial charge in [0.2, 0.25) is 0 Å². The molecule has 0 unspecified atom stereocenters. The summed E-state index contributed by atoms with van der Waals surface area (Å²) >= 11 is 0. The molecule has 0 aliphatic heterocycles. The summed E-state index contributed by atoms with van der Waals surface area (Å²) in [5.74, 6) is 0.215. The topological polar surface area (TPSA) is 35.2 Å². The number of halogens is 3. The fourth-order valence-electron chi connectivity index (χ4n) is 2.21. The summed E-state index contributed by atoms with van der Waals surface area (Å²) in [4.78, 5) is 0. The van der Waals surface area contributed by atoms with E-state index in [1.54, 1.807) is 36.4 Å². The first kappa shape index (κ1) is 15.6. The molecule has 0 aromatic heterocycles. The highest BCUT2D eigenvalue weighted by Gasteiger charge is 2.40. The molecule has 2 aromatic rings. The van der Waals surface area contributed by atoms with Crippen LogP contribution in [0.1, 0.15) is 31.4 Å². The van der Waals surface area contributed by atoms with Crippen molar-refractivity contribution in [1.29, 1.82) is 0 Å². The number of rotatable bonds is 5. The highest BCUT2D eigenvalue weighted by atomic mass is 19.4. The Hall–Kier alpha value is -1.75. The monoisotopic (exact) mass is 297 g/mol. The van der Waals surface area contributed by atoms with Crippen LogP contribution in [-0.4, -0.2) is 12.8 Å². The van der Waals surface area contributed by atoms with Gasteiger partial charge in [-0.25, -0.2) is 0 Å². The molecule has 114 valence electrons. The predicted octanol–water partition coefficient (Wildman–Crippen LogP) is 4.58. The molecule has 0 saturated heterocycles. The van der Waals surface area contributed by atoms with E-state index in [9.17, 15) is 13.2 Å². The van der Waals surface area contributed by atoms with Gasteiger partial charge in [-0.3, -0.25) is 0 Å². The number of benzene rings is 2. The fourth-order valence-corrected chi connectivity index (χ4v) is 2.21. The molecule has 0 spiro atoms. The zero-order valence-corrected chi connectivity index (χ0v) is 11.8. The van der Waals surface area contributed by atoms with Crippen LogP contribution in [0, 0.1) is 0 Å². The lowest BCUT2D eigenvalue weighted by atomic mass is 9.97. The number of nitrogens with two attached hydrogens (primary N) is 1. The molecule has 1 atom stereocenters. The van der Waals surface area contributed by atoms with Crippen molar-refractivity contribution in [2.45, 2.75) is 32.0 Å². The van der Waals surface area contributed by atoms with E-state index in [2.05, 4.69) is 0 Å². The lowest BCUT2D eigenvalue weighted by molar-refractivity contribution is -0.149. The van der Waals surface area contributed by atoms with E-state index in [1.807, 2.05) is 6.92 Å². The van der Waals surface area contributed by atoms with E-state index >= 15 is 0 Å². The summed E-state index contributed by atoms with van der Waals surface area (Å²) in [6.07, 6.45) is -2.81. The molecule has 0 fully saturated rings. The quantitative estimate of drug-likeness (QED) is 0.820. The van der Waals surface area contributed by atoms with Crippen LogP contribution in [-0.2, 0) is 0 Å². The van der Waals surface area contributed by atoms with Gasteiger partial charge < -0.3 is 10.5 Å². The molecule has 2 rings (SSSR count). The Labute approximate surface area is 121 Å². The van der Waals surface area contributed by atoms with Crippen molar-refractivity contribution in [3.05, 3.63) is 42.0 Å². The van der Waals surface area contributed by atoms with Gasteiger partial charge in [0.1, 0.15) is 11.8 Å². The minimum Gasteiger partial charge on any atom is -0.493 e. The van der Waals surface area contributed by atoms with Crippen LogP contribution < -0.4 is 10.5 Å². The molecular formula is C16H18F3NO. The SMILES string of the molecule is CCCCOc1ccc2ccccc2c1[C@H](N)C(F)(F)F. The summed E-state index contributed by atoms with van der Waals surface area (Å²) in [6, 6.07) is 8.15. The zero-order chi connectivity index (χ0) is 15.5. The summed E-state index contributed by atoms with van der Waals surface area (Å²) in [7, 11) is 0. The predicted molar refractivity (Wildman–Crippen MR) is 77.3 cm³/mol. The molecule has 5 heteroatoms. The molecule has 21 heavy (non-hydrogen) atoms. The average Bonchev–Trinajstić information content (AvgIpc) is 2.45. The minimum atomic E-state index is -4.51. The highest BCUT2D eigenvalue weighted by Crippen LogP contribution is 2.39. The number of unbranched alkanes of at least 4 members (excludes halogenated alkanes) is 1. The highest BCUT2D eigenvalue weighted by molar-refractivity contribution is 5.88. The van der Waals surface area contributed by atoms with E-state index < -0.39 is 12.2 Å². The Morgan fingerprint density at radius 1 is 1.14 bits per heavy atom. The van der Waals surface area contributed by atoms with Gasteiger partial charge in [0.25, 0.3) is 0 Å². The number of hydrogen-bond acceptors (Lipinski definition) is 2. The summed E-state index contributed by atoms with van der Waals surface area (Å²) < 4.78 is 44.7. The maximum Gasteiger partial charge on any atom is 0.407 e. The third kappa shape index (κ3) is 3.47. The minimum absolute atomic E-state index is 0.0108. The molecule has 0 bridgehead atoms. The van der Waals surface area contributed by atoms with Crippen LogP contribution in [0.2, 0.25) is 0 Å². The van der Waals surface area contributed by atoms with Crippen molar-refractivity contribution in [3.8, 4) is 5.75 Å². The molecule has 2 nitrogen and oxygen atoms in total. The summed E-state index contributed by atoms with van der Waals surface area (Å²) in [5.41, 5.74) is 5.45. The van der Waals surface area contributed by atoms with Crippen LogP contribution in [0.4, 0.5) is 13.2 Å². The van der Waals surface area contributed by atoms with Crippen LogP contribution in [0.25, 0.3) is 10.8 Å². The Bertz CT molecular complexity index is 610. The second-order valence-corrected chi connectivity index (χ2v) is 4.92. The van der Waals surface area contributed by atoms with Crippen LogP contribution in [0.5, 0.6) is 5.75 Å². The first-order valence-electron chi connectivity index (χ1n) is 6.92. The third-order valence-electron chi connectivity index (χ3n) is 3.35. The zero-order valence-electron chi connectivity index (χ0n) is 11.8. The van der Waals surface area contributed by atoms with Gasteiger partial charge in [-0.1, -0.05) is 43.7 Å². The lowest BCUT2D eigenvalue weighted by Crippen LogP contribution is -2.29. The van der Waals surface area contributed by atoms with Crippen molar-refractivity contribution in [2.75, 3.05) is 6.61 Å². The summed E-state index contributed by atoms with van der Waals surface area (Å²) in [5, 5.41) is 1.20. The maximum atomic E-state index is 13.1. The van der Waals surface area contributed by atoms with Crippen molar-refractivity contribution < 1.29 is 17.9 Å². The largest absolute Gasteiger partial charge is 0.493 e. The Kier molecular flexibility index (Phi) is 4.73. The van der Waals surface area contributed by atoms with Crippen molar-refractivity contribution in [3.63, 3.8) is 0 Å². The van der Waals surface area contributed by atoms with E-state index in [0.29, 0.717) is 12.0 Å². The van der Waals surface area contributed by atoms with Gasteiger partial charge in [-0.2, -0.15) is 13.2 Å². The van der Waals surface area contributed by atoms with E-state index in [0.717, 1.165) is 18.2 Å². The smallest absolute Gasteiger partial charge is 0.407 e. The molecule has 2 N–H and O–H groups in total. The van der Waals surface area contributed by atoms with Crippen LogP contribution >= 0.6 is 0 Å². The molecule has 2 aromatic carbocycles. The normalized spacial score (nSPS) is 13.4. The molecule has 0 amide bonds. The molecule has 0 saturated carbocycles. The van der Waals surface area contributed by atoms with Crippen molar-refractivity contribution >= 4 is 10.8 Å². The molecule has 0 heterocycles.